The highest BCUT2D eigenvalue weighted by molar-refractivity contribution is 5.85. The fraction of sp³-hybridized carbons (Fsp3) is 0.500. The molecule has 0 saturated carbocycles. The zero-order valence-corrected chi connectivity index (χ0v) is 10.7. The molecule has 1 aromatic rings. The Morgan fingerprint density at radius 2 is 1.69 bits per heavy atom. The average molecular weight is 265 g/mol. The van der Waals surface area contributed by atoms with E-state index in [-0.39, 0.29) is 24.8 Å². The lowest BCUT2D eigenvalue weighted by molar-refractivity contribution is 0.574. The summed E-state index contributed by atoms with van der Waals surface area (Å²) in [7, 11) is 0. The molecule has 92 valence electrons. The van der Waals surface area contributed by atoms with Gasteiger partial charge in [-0.1, -0.05) is 0 Å². The van der Waals surface area contributed by atoms with Crippen LogP contribution >= 0.6 is 24.8 Å². The zero-order chi connectivity index (χ0) is 9.97. The first kappa shape index (κ1) is 15.1. The van der Waals surface area contributed by atoms with Crippen molar-refractivity contribution in [1.82, 2.24) is 4.98 Å². The van der Waals surface area contributed by atoms with E-state index in [4.69, 9.17) is 11.5 Å². The molecule has 16 heavy (non-hydrogen) atoms. The Kier molecular flexibility index (Phi) is 6.29. The summed E-state index contributed by atoms with van der Waals surface area (Å²) in [5, 5.41) is 0. The van der Waals surface area contributed by atoms with Crippen LogP contribution < -0.4 is 16.4 Å². The number of nitrogens with zero attached hydrogens (tertiary/aromatic N) is 2. The highest BCUT2D eigenvalue weighted by Crippen LogP contribution is 2.24. The molecule has 4 N–H and O–H groups in total. The van der Waals surface area contributed by atoms with E-state index in [1.807, 2.05) is 0 Å². The summed E-state index contributed by atoms with van der Waals surface area (Å²) in [5.74, 6) is 0.888. The van der Waals surface area contributed by atoms with Gasteiger partial charge in [0.15, 0.2) is 5.82 Å². The minimum absolute atomic E-state index is 0. The van der Waals surface area contributed by atoms with Gasteiger partial charge in [-0.05, 0) is 25.3 Å². The summed E-state index contributed by atoms with van der Waals surface area (Å²) in [4.78, 5) is 6.51. The van der Waals surface area contributed by atoms with E-state index in [1.165, 1.54) is 19.3 Å². The van der Waals surface area contributed by atoms with Crippen LogP contribution in [-0.2, 0) is 0 Å². The molecule has 0 aliphatic carbocycles. The van der Waals surface area contributed by atoms with Crippen molar-refractivity contribution < 1.29 is 0 Å². The average Bonchev–Trinajstić information content (AvgIpc) is 2.19. The van der Waals surface area contributed by atoms with Crippen molar-refractivity contribution in [3.63, 3.8) is 0 Å². The molecule has 4 nitrogen and oxygen atoms in total. The van der Waals surface area contributed by atoms with E-state index in [9.17, 15) is 0 Å². The fourth-order valence-corrected chi connectivity index (χ4v) is 1.86. The second-order valence-corrected chi connectivity index (χ2v) is 3.73. The maximum Gasteiger partial charge on any atom is 0.151 e. The topological polar surface area (TPSA) is 68.2 Å². The summed E-state index contributed by atoms with van der Waals surface area (Å²) in [6.45, 7) is 2.11. The molecule has 0 aromatic carbocycles. The van der Waals surface area contributed by atoms with Crippen LogP contribution in [0.3, 0.4) is 0 Å². The molecule has 0 radical (unpaired) electrons. The molecule has 1 aliphatic heterocycles. The summed E-state index contributed by atoms with van der Waals surface area (Å²) in [6, 6.07) is 1.77. The standard InChI is InChI=1S/C10H16N4.2ClH/c11-8-6-9(12)10(13-7-8)14-4-2-1-3-5-14;;/h6-7H,1-5,11-12H2;2*1H. The first-order valence-corrected chi connectivity index (χ1v) is 5.03. The third-order valence-electron chi connectivity index (χ3n) is 2.57. The van der Waals surface area contributed by atoms with Crippen molar-refractivity contribution in [2.75, 3.05) is 29.5 Å². The summed E-state index contributed by atoms with van der Waals surface area (Å²) < 4.78 is 0. The highest BCUT2D eigenvalue weighted by atomic mass is 35.5. The summed E-state index contributed by atoms with van der Waals surface area (Å²) >= 11 is 0. The normalized spacial score (nSPS) is 14.9. The lowest BCUT2D eigenvalue weighted by Crippen LogP contribution is -2.30. The van der Waals surface area contributed by atoms with Gasteiger partial charge in [-0.3, -0.25) is 0 Å². The van der Waals surface area contributed by atoms with Gasteiger partial charge >= 0.3 is 0 Å². The lowest BCUT2D eigenvalue weighted by Gasteiger charge is -2.28. The fourth-order valence-electron chi connectivity index (χ4n) is 1.86. The Morgan fingerprint density at radius 3 is 2.25 bits per heavy atom. The maximum absolute atomic E-state index is 5.87. The largest absolute Gasteiger partial charge is 0.397 e. The molecular weight excluding hydrogens is 247 g/mol. The van der Waals surface area contributed by atoms with E-state index in [2.05, 4.69) is 9.88 Å². The van der Waals surface area contributed by atoms with Crippen LogP contribution in [0, 0.1) is 0 Å². The molecule has 2 rings (SSSR count). The van der Waals surface area contributed by atoms with Crippen LogP contribution in [0.2, 0.25) is 0 Å². The molecule has 1 fully saturated rings. The minimum atomic E-state index is 0. The van der Waals surface area contributed by atoms with Crippen molar-refractivity contribution in [2.24, 2.45) is 0 Å². The molecule has 0 bridgehead atoms. The van der Waals surface area contributed by atoms with Crippen molar-refractivity contribution >= 4 is 42.0 Å². The number of halogens is 2. The van der Waals surface area contributed by atoms with Crippen molar-refractivity contribution in [3.8, 4) is 0 Å². The van der Waals surface area contributed by atoms with Crippen molar-refractivity contribution in [3.05, 3.63) is 12.3 Å². The minimum Gasteiger partial charge on any atom is -0.397 e. The molecule has 1 saturated heterocycles. The van der Waals surface area contributed by atoms with Gasteiger partial charge in [-0.2, -0.15) is 0 Å². The third kappa shape index (κ3) is 3.32. The molecule has 0 atom stereocenters. The van der Waals surface area contributed by atoms with E-state index >= 15 is 0 Å². The predicted molar refractivity (Wildman–Crippen MR) is 73.6 cm³/mol. The molecule has 0 unspecified atom stereocenters. The van der Waals surface area contributed by atoms with Crippen LogP contribution in [0.4, 0.5) is 17.2 Å². The zero-order valence-electron chi connectivity index (χ0n) is 9.06. The van der Waals surface area contributed by atoms with Gasteiger partial charge in [0, 0.05) is 13.1 Å². The van der Waals surface area contributed by atoms with E-state index in [0.29, 0.717) is 11.4 Å². The Labute approximate surface area is 108 Å². The quantitative estimate of drug-likeness (QED) is 0.815. The van der Waals surface area contributed by atoms with Crippen LogP contribution in [0.1, 0.15) is 19.3 Å². The third-order valence-corrected chi connectivity index (χ3v) is 2.57. The van der Waals surface area contributed by atoms with Gasteiger partial charge in [-0.25, -0.2) is 4.98 Å². The first-order chi connectivity index (χ1) is 6.77. The molecule has 1 aliphatic rings. The Morgan fingerprint density at radius 1 is 1.06 bits per heavy atom. The van der Waals surface area contributed by atoms with Crippen molar-refractivity contribution in [1.29, 1.82) is 0 Å². The van der Waals surface area contributed by atoms with Crippen LogP contribution in [0.25, 0.3) is 0 Å². The number of nitrogen functional groups attached to an aromatic ring is 2. The smallest absolute Gasteiger partial charge is 0.151 e. The van der Waals surface area contributed by atoms with E-state index < -0.39 is 0 Å². The number of anilines is 3. The lowest BCUT2D eigenvalue weighted by atomic mass is 10.1. The number of nitrogens with two attached hydrogens (primary N) is 2. The molecule has 1 aromatic heterocycles. The second-order valence-electron chi connectivity index (χ2n) is 3.73. The van der Waals surface area contributed by atoms with Crippen LogP contribution in [0.15, 0.2) is 12.3 Å². The maximum atomic E-state index is 5.87. The SMILES string of the molecule is Cl.Cl.Nc1cnc(N2CCCCC2)c(N)c1. The molecule has 6 heteroatoms. The van der Waals surface area contributed by atoms with Gasteiger partial charge in [0.1, 0.15) is 0 Å². The van der Waals surface area contributed by atoms with Gasteiger partial charge in [0.25, 0.3) is 0 Å². The molecule has 2 heterocycles. The summed E-state index contributed by atoms with van der Waals surface area (Å²) in [5.41, 5.74) is 12.8. The predicted octanol–water partition coefficient (Wildman–Crippen LogP) is 2.08. The number of rotatable bonds is 1. The molecule has 0 amide bonds. The highest BCUT2D eigenvalue weighted by Gasteiger charge is 2.14. The van der Waals surface area contributed by atoms with E-state index in [0.717, 1.165) is 18.9 Å². The Balaban J connectivity index is 0.00000112. The number of hydrogen-bond donors (Lipinski definition) is 2. The second kappa shape index (κ2) is 6.66. The van der Waals surface area contributed by atoms with Gasteiger partial charge in [0.2, 0.25) is 0 Å². The molecule has 0 spiro atoms. The van der Waals surface area contributed by atoms with Crippen molar-refractivity contribution in [2.45, 2.75) is 19.3 Å². The first-order valence-electron chi connectivity index (χ1n) is 5.03. The Bertz CT molecular complexity index is 327. The number of aromatic nitrogens is 1. The number of hydrogen-bond acceptors (Lipinski definition) is 4. The summed E-state index contributed by atoms with van der Waals surface area (Å²) in [6.07, 6.45) is 5.43. The number of piperidine rings is 1. The molecular formula is C10H18Cl2N4. The Hall–Kier alpha value is -0.870. The number of pyridine rings is 1. The van der Waals surface area contributed by atoms with Crippen LogP contribution in [0.5, 0.6) is 0 Å². The van der Waals surface area contributed by atoms with Crippen LogP contribution in [-0.4, -0.2) is 18.1 Å². The monoisotopic (exact) mass is 264 g/mol. The van der Waals surface area contributed by atoms with Gasteiger partial charge < -0.3 is 16.4 Å². The van der Waals surface area contributed by atoms with Gasteiger partial charge in [0.05, 0.1) is 17.6 Å². The van der Waals surface area contributed by atoms with Gasteiger partial charge in [-0.15, -0.1) is 24.8 Å². The van der Waals surface area contributed by atoms with E-state index in [1.54, 1.807) is 12.3 Å².